The summed E-state index contributed by atoms with van der Waals surface area (Å²) in [4.78, 5) is 11.3. The molecule has 1 aromatic carbocycles. The summed E-state index contributed by atoms with van der Waals surface area (Å²) in [6.45, 7) is 0. The zero-order valence-electron chi connectivity index (χ0n) is 6.90. The van der Waals surface area contributed by atoms with Gasteiger partial charge in [-0.05, 0) is 18.2 Å². The molecule has 0 aliphatic carbocycles. The molecule has 1 amide bonds. The maximum atomic E-state index is 11.2. The second kappa shape index (κ2) is 4.15. The van der Waals surface area contributed by atoms with Crippen LogP contribution in [0.3, 0.4) is 0 Å². The maximum Gasteiger partial charge on any atom is 0.248 e. The van der Waals surface area contributed by atoms with Crippen LogP contribution in [0, 0.1) is 0 Å². The summed E-state index contributed by atoms with van der Waals surface area (Å²) in [6.07, 6.45) is 0. The predicted molar refractivity (Wildman–Crippen MR) is 50.4 cm³/mol. The van der Waals surface area contributed by atoms with Gasteiger partial charge in [0.1, 0.15) is 0 Å². The molecule has 0 aliphatic heterocycles. The van der Waals surface area contributed by atoms with Crippen molar-refractivity contribution in [2.24, 2.45) is 11.5 Å². The summed E-state index contributed by atoms with van der Waals surface area (Å²) in [5, 5.41) is 0. The molecule has 0 spiro atoms. The molecule has 70 valence electrons. The lowest BCUT2D eigenvalue weighted by molar-refractivity contribution is 0.1000. The van der Waals surface area contributed by atoms with Crippen LogP contribution < -0.4 is 11.5 Å². The predicted octanol–water partition coefficient (Wildman–Crippen LogP) is -0.191. The van der Waals surface area contributed by atoms with Crippen LogP contribution in [0.5, 0.6) is 0 Å². The van der Waals surface area contributed by atoms with E-state index in [0.717, 1.165) is 0 Å². The summed E-state index contributed by atoms with van der Waals surface area (Å²) >= 11 is 0. The molecule has 0 aromatic heterocycles. The lowest BCUT2D eigenvalue weighted by Crippen LogP contribution is -2.12. The molecule has 4 nitrogen and oxygen atoms in total. The normalized spacial score (nSPS) is 12.4. The lowest BCUT2D eigenvalue weighted by Gasteiger charge is -2.00. The number of carbonyl (C=O) groups is 1. The highest BCUT2D eigenvalue weighted by molar-refractivity contribution is 7.85. The third-order valence-corrected chi connectivity index (χ3v) is 2.62. The molecule has 0 radical (unpaired) electrons. The Morgan fingerprint density at radius 1 is 1.46 bits per heavy atom. The second-order valence-corrected chi connectivity index (χ2v) is 3.90. The number of nitrogens with two attached hydrogens (primary N) is 2. The Morgan fingerprint density at radius 3 is 2.69 bits per heavy atom. The number of hydrogen-bond donors (Lipinski definition) is 2. The molecule has 0 bridgehead atoms. The summed E-state index contributed by atoms with van der Waals surface area (Å²) in [6, 6.07) is 6.34. The van der Waals surface area contributed by atoms with Crippen molar-refractivity contribution in [3.05, 3.63) is 29.8 Å². The van der Waals surface area contributed by atoms with Crippen LogP contribution in [0.25, 0.3) is 0 Å². The molecule has 1 aromatic rings. The quantitative estimate of drug-likeness (QED) is 0.705. The van der Waals surface area contributed by atoms with Gasteiger partial charge in [-0.25, -0.2) is 0 Å². The topological polar surface area (TPSA) is 86.2 Å². The van der Waals surface area contributed by atoms with Crippen molar-refractivity contribution in [3.63, 3.8) is 0 Å². The minimum Gasteiger partial charge on any atom is -0.366 e. The van der Waals surface area contributed by atoms with Crippen LogP contribution in [-0.4, -0.2) is 16.0 Å². The van der Waals surface area contributed by atoms with Crippen molar-refractivity contribution in [1.29, 1.82) is 0 Å². The fourth-order valence-corrected chi connectivity index (χ4v) is 1.57. The zero-order chi connectivity index (χ0) is 9.84. The summed E-state index contributed by atoms with van der Waals surface area (Å²) in [5.74, 6) is -0.488. The molecule has 0 heterocycles. The molecule has 5 heteroatoms. The van der Waals surface area contributed by atoms with Gasteiger partial charge >= 0.3 is 0 Å². The van der Waals surface area contributed by atoms with E-state index in [4.69, 9.17) is 11.5 Å². The molecule has 4 N–H and O–H groups in total. The van der Waals surface area contributed by atoms with Gasteiger partial charge in [0, 0.05) is 10.5 Å². The molecule has 0 saturated carbocycles. The van der Waals surface area contributed by atoms with E-state index in [0.29, 0.717) is 10.5 Å². The first kappa shape index (κ1) is 9.88. The number of rotatable bonds is 3. The highest BCUT2D eigenvalue weighted by Gasteiger charge is 2.04. The van der Waals surface area contributed by atoms with E-state index < -0.39 is 16.7 Å². The Bertz CT molecular complexity index is 352. The molecule has 13 heavy (non-hydrogen) atoms. The van der Waals surface area contributed by atoms with Crippen molar-refractivity contribution < 1.29 is 9.00 Å². The minimum atomic E-state index is -1.25. The van der Waals surface area contributed by atoms with Gasteiger partial charge in [-0.1, -0.05) is 6.07 Å². The summed E-state index contributed by atoms with van der Waals surface area (Å²) in [5.41, 5.74) is 10.6. The van der Waals surface area contributed by atoms with E-state index in [-0.39, 0.29) is 5.88 Å². The zero-order valence-corrected chi connectivity index (χ0v) is 7.71. The van der Waals surface area contributed by atoms with Crippen LogP contribution in [0.15, 0.2) is 29.2 Å². The molecule has 1 unspecified atom stereocenters. The molecule has 1 atom stereocenters. The Balaban J connectivity index is 3.05. The van der Waals surface area contributed by atoms with Crippen molar-refractivity contribution in [2.75, 3.05) is 5.88 Å². The molecule has 0 saturated heterocycles. The van der Waals surface area contributed by atoms with Crippen LogP contribution in [0.4, 0.5) is 0 Å². The highest BCUT2D eigenvalue weighted by atomic mass is 32.2. The maximum absolute atomic E-state index is 11.2. The van der Waals surface area contributed by atoms with E-state index in [2.05, 4.69) is 0 Å². The first-order valence-corrected chi connectivity index (χ1v) is 4.95. The standard InChI is InChI=1S/C8H10N2O2S/c9-5-13(12)7-3-1-2-6(4-7)8(10)11/h1-4H,5,9H2,(H2,10,11). The third kappa shape index (κ3) is 2.37. The average molecular weight is 198 g/mol. The van der Waals surface area contributed by atoms with Crippen LogP contribution in [-0.2, 0) is 10.8 Å². The largest absolute Gasteiger partial charge is 0.366 e. The molecular weight excluding hydrogens is 188 g/mol. The van der Waals surface area contributed by atoms with Gasteiger partial charge in [-0.3, -0.25) is 9.00 Å². The highest BCUT2D eigenvalue weighted by Crippen LogP contribution is 2.08. The Kier molecular flexibility index (Phi) is 3.16. The minimum absolute atomic E-state index is 0.0439. The van der Waals surface area contributed by atoms with Crippen molar-refractivity contribution >= 4 is 16.7 Å². The van der Waals surface area contributed by atoms with E-state index in [1.54, 1.807) is 18.2 Å². The van der Waals surface area contributed by atoms with Gasteiger partial charge in [0.05, 0.1) is 16.7 Å². The first-order valence-electron chi connectivity index (χ1n) is 3.63. The SMILES string of the molecule is NCS(=O)c1cccc(C(N)=O)c1. The monoisotopic (exact) mass is 198 g/mol. The molecule has 0 aliphatic rings. The Labute approximate surface area is 78.4 Å². The molecular formula is C8H10N2O2S. The van der Waals surface area contributed by atoms with Gasteiger partial charge in [0.25, 0.3) is 0 Å². The smallest absolute Gasteiger partial charge is 0.248 e. The fraction of sp³-hybridized carbons (Fsp3) is 0.125. The van der Waals surface area contributed by atoms with Crippen molar-refractivity contribution in [1.82, 2.24) is 0 Å². The van der Waals surface area contributed by atoms with Gasteiger partial charge in [-0.15, -0.1) is 0 Å². The first-order chi connectivity index (χ1) is 6.15. The van der Waals surface area contributed by atoms with Crippen molar-refractivity contribution in [2.45, 2.75) is 4.90 Å². The Morgan fingerprint density at radius 2 is 2.15 bits per heavy atom. The summed E-state index contributed by atoms with van der Waals surface area (Å²) in [7, 11) is -1.25. The molecule has 0 fully saturated rings. The van der Waals surface area contributed by atoms with Crippen LogP contribution >= 0.6 is 0 Å². The van der Waals surface area contributed by atoms with Gasteiger partial charge in [0.15, 0.2) is 0 Å². The van der Waals surface area contributed by atoms with Gasteiger partial charge in [-0.2, -0.15) is 0 Å². The second-order valence-electron chi connectivity index (χ2n) is 2.40. The number of hydrogen-bond acceptors (Lipinski definition) is 3. The fourth-order valence-electron chi connectivity index (χ4n) is 0.887. The number of amides is 1. The number of primary amides is 1. The average Bonchev–Trinajstić information content (AvgIpc) is 2.17. The third-order valence-electron chi connectivity index (χ3n) is 1.53. The van der Waals surface area contributed by atoms with Gasteiger partial charge in [0.2, 0.25) is 5.91 Å². The van der Waals surface area contributed by atoms with E-state index in [1.807, 2.05) is 0 Å². The van der Waals surface area contributed by atoms with Crippen molar-refractivity contribution in [3.8, 4) is 0 Å². The number of benzene rings is 1. The van der Waals surface area contributed by atoms with E-state index in [1.165, 1.54) is 6.07 Å². The summed E-state index contributed by atoms with van der Waals surface area (Å²) < 4.78 is 11.2. The van der Waals surface area contributed by atoms with Gasteiger partial charge < -0.3 is 11.5 Å². The molecule has 1 rings (SSSR count). The Hall–Kier alpha value is -1.20. The number of carbonyl (C=O) groups excluding carboxylic acids is 1. The van der Waals surface area contributed by atoms with Crippen LogP contribution in [0.1, 0.15) is 10.4 Å². The van der Waals surface area contributed by atoms with Crippen LogP contribution in [0.2, 0.25) is 0 Å². The van der Waals surface area contributed by atoms with E-state index >= 15 is 0 Å². The van der Waals surface area contributed by atoms with E-state index in [9.17, 15) is 9.00 Å². The lowest BCUT2D eigenvalue weighted by atomic mass is 10.2.